The predicted molar refractivity (Wildman–Crippen MR) is 123 cm³/mol. The van der Waals surface area contributed by atoms with Crippen LogP contribution >= 0.6 is 0 Å². The fourth-order valence-corrected chi connectivity index (χ4v) is 6.95. The van der Waals surface area contributed by atoms with Crippen LogP contribution in [0, 0.1) is 12.8 Å². The summed E-state index contributed by atoms with van der Waals surface area (Å²) in [6.45, 7) is 4.24. The molecule has 2 heterocycles. The normalized spacial score (nSPS) is 26.5. The van der Waals surface area contributed by atoms with Gasteiger partial charge in [-0.3, -0.25) is 14.5 Å². The number of urea groups is 1. The lowest BCUT2D eigenvalue weighted by molar-refractivity contribution is -0.136. The van der Waals surface area contributed by atoms with Crippen LogP contribution in [0.25, 0.3) is 0 Å². The molecule has 9 nitrogen and oxygen atoms in total. The molecule has 4 amide bonds. The van der Waals surface area contributed by atoms with Crippen molar-refractivity contribution in [2.24, 2.45) is 5.92 Å². The van der Waals surface area contributed by atoms with Crippen molar-refractivity contribution in [3.8, 4) is 0 Å². The lowest BCUT2D eigenvalue weighted by Crippen LogP contribution is -2.54. The van der Waals surface area contributed by atoms with Crippen LogP contribution in [0.3, 0.4) is 0 Å². The molecule has 1 aliphatic carbocycles. The number of carbonyl (C=O) groups excluding carboxylic acids is 3. The number of carbonyl (C=O) groups is 3. The molecule has 3 fully saturated rings. The molecule has 3 aliphatic rings. The summed E-state index contributed by atoms with van der Waals surface area (Å²) in [4.78, 5) is 39.4. The van der Waals surface area contributed by atoms with Gasteiger partial charge in [0.15, 0.2) is 0 Å². The van der Waals surface area contributed by atoms with Gasteiger partial charge < -0.3 is 10.6 Å². The second-order valence-corrected chi connectivity index (χ2v) is 11.3. The Labute approximate surface area is 194 Å². The van der Waals surface area contributed by atoms with Gasteiger partial charge in [-0.15, -0.1) is 0 Å². The molecule has 1 aromatic rings. The first-order valence-corrected chi connectivity index (χ1v) is 13.1. The summed E-state index contributed by atoms with van der Waals surface area (Å²) in [5.41, 5.74) is -0.00953. The highest BCUT2D eigenvalue weighted by atomic mass is 32.2. The van der Waals surface area contributed by atoms with Gasteiger partial charge in [0, 0.05) is 18.8 Å². The molecule has 4 rings (SSSR count). The number of anilines is 1. The third-order valence-corrected chi connectivity index (χ3v) is 9.25. The first kappa shape index (κ1) is 23.7. The Hall–Kier alpha value is -2.46. The van der Waals surface area contributed by atoms with Crippen LogP contribution in [0.2, 0.25) is 0 Å². The SMILES string of the molecule is Cc1ccc(NC(=O)CN2C(=O)N[C@]3(CCCC[C@H]3C)C2=O)cc1S(=O)(=O)N1CCCCC1. The van der Waals surface area contributed by atoms with Gasteiger partial charge in [0.25, 0.3) is 5.91 Å². The highest BCUT2D eigenvalue weighted by Gasteiger charge is 2.55. The number of amides is 4. The van der Waals surface area contributed by atoms with Gasteiger partial charge in [0.05, 0.1) is 4.90 Å². The molecule has 1 aromatic carbocycles. The number of nitrogens with one attached hydrogen (secondary N) is 2. The summed E-state index contributed by atoms with van der Waals surface area (Å²) in [6.07, 6.45) is 5.98. The zero-order valence-corrected chi connectivity index (χ0v) is 20.0. The second-order valence-electron chi connectivity index (χ2n) is 9.43. The number of sulfonamides is 1. The molecule has 1 saturated carbocycles. The zero-order chi connectivity index (χ0) is 23.8. The van der Waals surface area contributed by atoms with E-state index in [0.717, 1.165) is 43.4 Å². The van der Waals surface area contributed by atoms with E-state index in [1.807, 2.05) is 6.92 Å². The van der Waals surface area contributed by atoms with Crippen molar-refractivity contribution >= 4 is 33.6 Å². The fraction of sp³-hybridized carbons (Fsp3) is 0.609. The first-order chi connectivity index (χ1) is 15.6. The van der Waals surface area contributed by atoms with Gasteiger partial charge in [-0.1, -0.05) is 32.3 Å². The summed E-state index contributed by atoms with van der Waals surface area (Å²) in [5.74, 6) is -0.897. The van der Waals surface area contributed by atoms with Crippen molar-refractivity contribution in [2.45, 2.75) is 69.2 Å². The molecule has 33 heavy (non-hydrogen) atoms. The zero-order valence-electron chi connectivity index (χ0n) is 19.2. The van der Waals surface area contributed by atoms with Crippen LogP contribution < -0.4 is 10.6 Å². The van der Waals surface area contributed by atoms with Gasteiger partial charge in [-0.05, 0) is 56.2 Å². The van der Waals surface area contributed by atoms with Crippen LogP contribution in [0.15, 0.2) is 23.1 Å². The van der Waals surface area contributed by atoms with Crippen molar-refractivity contribution in [1.29, 1.82) is 0 Å². The van der Waals surface area contributed by atoms with E-state index >= 15 is 0 Å². The van der Waals surface area contributed by atoms with Gasteiger partial charge in [0.1, 0.15) is 12.1 Å². The summed E-state index contributed by atoms with van der Waals surface area (Å²) in [6, 6.07) is 4.17. The third kappa shape index (κ3) is 4.38. The van der Waals surface area contributed by atoms with E-state index < -0.39 is 34.0 Å². The molecule has 0 bridgehead atoms. The Morgan fingerprint density at radius 1 is 1.15 bits per heavy atom. The molecule has 0 aromatic heterocycles. The standard InChI is InChI=1S/C23H32N4O5S/c1-16-9-10-18(14-19(16)33(31,32)26-12-6-3-7-13-26)24-20(28)15-27-21(29)23(25-22(27)30)11-5-4-8-17(23)2/h9-10,14,17H,3-8,11-13,15H2,1-2H3,(H,24,28)(H,25,30)/t17-,23+/m1/s1. The Morgan fingerprint density at radius 2 is 1.88 bits per heavy atom. The number of imide groups is 1. The minimum atomic E-state index is -3.66. The molecule has 0 radical (unpaired) electrons. The first-order valence-electron chi connectivity index (χ1n) is 11.7. The monoisotopic (exact) mass is 476 g/mol. The maximum Gasteiger partial charge on any atom is 0.325 e. The molecule has 2 N–H and O–H groups in total. The van der Waals surface area contributed by atoms with Crippen LogP contribution in [0.5, 0.6) is 0 Å². The number of nitrogens with zero attached hydrogens (tertiary/aromatic N) is 2. The number of hydrogen-bond acceptors (Lipinski definition) is 5. The van der Waals surface area contributed by atoms with Gasteiger partial charge in [-0.25, -0.2) is 13.2 Å². The van der Waals surface area contributed by atoms with E-state index in [1.165, 1.54) is 10.4 Å². The lowest BCUT2D eigenvalue weighted by atomic mass is 9.73. The van der Waals surface area contributed by atoms with Crippen molar-refractivity contribution in [1.82, 2.24) is 14.5 Å². The molecule has 2 aliphatic heterocycles. The smallest absolute Gasteiger partial charge is 0.324 e. The summed E-state index contributed by atoms with van der Waals surface area (Å²) >= 11 is 0. The molecule has 2 saturated heterocycles. The van der Waals surface area contributed by atoms with Crippen LogP contribution in [0.1, 0.15) is 57.4 Å². The fourth-order valence-electron chi connectivity index (χ4n) is 5.18. The lowest BCUT2D eigenvalue weighted by Gasteiger charge is -2.36. The van der Waals surface area contributed by atoms with E-state index in [1.54, 1.807) is 19.1 Å². The van der Waals surface area contributed by atoms with Crippen molar-refractivity contribution in [3.05, 3.63) is 23.8 Å². The topological polar surface area (TPSA) is 116 Å². The Kier molecular flexibility index (Phi) is 6.50. The molecule has 10 heteroatoms. The number of piperidine rings is 1. The van der Waals surface area contributed by atoms with E-state index in [4.69, 9.17) is 0 Å². The largest absolute Gasteiger partial charge is 0.325 e. The maximum atomic E-state index is 13.1. The average Bonchev–Trinajstić information content (AvgIpc) is 3.02. The highest BCUT2D eigenvalue weighted by molar-refractivity contribution is 7.89. The van der Waals surface area contributed by atoms with Gasteiger partial charge >= 0.3 is 6.03 Å². The Morgan fingerprint density at radius 3 is 2.58 bits per heavy atom. The van der Waals surface area contributed by atoms with E-state index in [9.17, 15) is 22.8 Å². The number of rotatable bonds is 5. The number of benzene rings is 1. The average molecular weight is 477 g/mol. The number of hydrogen-bond donors (Lipinski definition) is 2. The molecule has 1 spiro atoms. The summed E-state index contributed by atoms with van der Waals surface area (Å²) < 4.78 is 27.7. The van der Waals surface area contributed by atoms with Crippen LogP contribution in [-0.4, -0.2) is 60.6 Å². The molecular formula is C23H32N4O5S. The van der Waals surface area contributed by atoms with Gasteiger partial charge in [-0.2, -0.15) is 4.31 Å². The third-order valence-electron chi connectivity index (χ3n) is 7.21. The molecular weight excluding hydrogens is 444 g/mol. The molecule has 2 atom stereocenters. The molecule has 180 valence electrons. The summed E-state index contributed by atoms with van der Waals surface area (Å²) in [5, 5.41) is 5.49. The Bertz CT molecular complexity index is 1070. The van der Waals surface area contributed by atoms with Crippen molar-refractivity contribution in [3.63, 3.8) is 0 Å². The van der Waals surface area contributed by atoms with E-state index in [2.05, 4.69) is 10.6 Å². The van der Waals surface area contributed by atoms with Crippen molar-refractivity contribution < 1.29 is 22.8 Å². The quantitative estimate of drug-likeness (QED) is 0.634. The molecule has 0 unspecified atom stereocenters. The van der Waals surface area contributed by atoms with Crippen molar-refractivity contribution in [2.75, 3.05) is 25.0 Å². The minimum absolute atomic E-state index is 0.00964. The highest BCUT2D eigenvalue weighted by Crippen LogP contribution is 2.38. The van der Waals surface area contributed by atoms with Crippen LogP contribution in [-0.2, 0) is 19.6 Å². The van der Waals surface area contributed by atoms with Crippen LogP contribution in [0.4, 0.5) is 10.5 Å². The van der Waals surface area contributed by atoms with E-state index in [0.29, 0.717) is 30.8 Å². The Balaban J connectivity index is 1.47. The van der Waals surface area contributed by atoms with Gasteiger partial charge in [0.2, 0.25) is 15.9 Å². The maximum absolute atomic E-state index is 13.1. The second kappa shape index (κ2) is 9.06. The predicted octanol–water partition coefficient (Wildman–Crippen LogP) is 2.61. The summed E-state index contributed by atoms with van der Waals surface area (Å²) in [7, 11) is -3.66. The minimum Gasteiger partial charge on any atom is -0.324 e. The van der Waals surface area contributed by atoms with E-state index in [-0.39, 0.29) is 16.7 Å². The number of aryl methyl sites for hydroxylation is 1.